The van der Waals surface area contributed by atoms with Gasteiger partial charge in [0, 0.05) is 13.0 Å². The van der Waals surface area contributed by atoms with Crippen LogP contribution in [0.5, 0.6) is 0 Å². The van der Waals surface area contributed by atoms with Crippen molar-refractivity contribution < 1.29 is 33.5 Å². The second kappa shape index (κ2) is 8.72. The summed E-state index contributed by atoms with van der Waals surface area (Å²) in [5.41, 5.74) is 0.598. The molecule has 0 radical (unpaired) electrons. The number of nitrogens with zero attached hydrogens (tertiary/aromatic N) is 1. The van der Waals surface area contributed by atoms with Gasteiger partial charge in [0.25, 0.3) is 11.8 Å². The first kappa shape index (κ1) is 21.0. The van der Waals surface area contributed by atoms with E-state index in [2.05, 4.69) is 16.0 Å². The number of nitrogens with one attached hydrogen (secondary N) is 3. The van der Waals surface area contributed by atoms with Crippen LogP contribution in [0.1, 0.15) is 46.0 Å². The largest absolute Gasteiger partial charge is 0.465 e. The summed E-state index contributed by atoms with van der Waals surface area (Å²) < 4.78 is 4.70. The van der Waals surface area contributed by atoms with Crippen molar-refractivity contribution in [2.45, 2.75) is 32.4 Å². The highest BCUT2D eigenvalue weighted by Gasteiger charge is 2.45. The van der Waals surface area contributed by atoms with Gasteiger partial charge in [-0.1, -0.05) is 12.1 Å². The smallest absolute Gasteiger partial charge is 0.325 e. The molecule has 3 N–H and O–H groups in total. The molecule has 2 aliphatic heterocycles. The number of imide groups is 2. The fourth-order valence-corrected chi connectivity index (χ4v) is 3.33. The van der Waals surface area contributed by atoms with Gasteiger partial charge in [-0.15, -0.1) is 0 Å². The van der Waals surface area contributed by atoms with Gasteiger partial charge in [-0.2, -0.15) is 0 Å². The van der Waals surface area contributed by atoms with Crippen molar-refractivity contribution >= 4 is 35.6 Å². The van der Waals surface area contributed by atoms with E-state index in [0.29, 0.717) is 5.56 Å². The van der Waals surface area contributed by atoms with E-state index in [1.807, 2.05) is 0 Å². The average molecular weight is 416 g/mol. The molecule has 1 saturated heterocycles. The third kappa shape index (κ3) is 4.14. The second-order valence-electron chi connectivity index (χ2n) is 6.63. The summed E-state index contributed by atoms with van der Waals surface area (Å²) in [6, 6.07) is 2.88. The first-order valence-corrected chi connectivity index (χ1v) is 9.34. The average Bonchev–Trinajstić information content (AvgIpc) is 2.96. The van der Waals surface area contributed by atoms with Crippen molar-refractivity contribution in [3.8, 4) is 0 Å². The molecule has 0 spiro atoms. The number of benzene rings is 1. The van der Waals surface area contributed by atoms with Gasteiger partial charge in [-0.25, -0.2) is 4.79 Å². The van der Waals surface area contributed by atoms with E-state index >= 15 is 0 Å². The van der Waals surface area contributed by atoms with Crippen LogP contribution in [0.15, 0.2) is 18.2 Å². The SMILES string of the molecule is CCOC(=O)CNC(=O)NCc1cccc2c1C(=O)N(C1CCC(=O)NC1=O)C2=O. The number of esters is 1. The minimum Gasteiger partial charge on any atom is -0.465 e. The molecule has 1 atom stereocenters. The maximum Gasteiger partial charge on any atom is 0.325 e. The van der Waals surface area contributed by atoms with Crippen LogP contribution in [0.3, 0.4) is 0 Å². The van der Waals surface area contributed by atoms with Crippen LogP contribution >= 0.6 is 0 Å². The second-order valence-corrected chi connectivity index (χ2v) is 6.63. The van der Waals surface area contributed by atoms with Crippen LogP contribution < -0.4 is 16.0 Å². The summed E-state index contributed by atoms with van der Waals surface area (Å²) in [6.07, 6.45) is 0.0822. The van der Waals surface area contributed by atoms with E-state index in [9.17, 15) is 28.8 Å². The zero-order valence-electron chi connectivity index (χ0n) is 16.1. The minimum atomic E-state index is -1.07. The van der Waals surface area contributed by atoms with Gasteiger partial charge in [-0.3, -0.25) is 34.2 Å². The molecule has 1 fully saturated rings. The molecule has 158 valence electrons. The Hall–Kier alpha value is -3.76. The molecule has 0 bridgehead atoms. The highest BCUT2D eigenvalue weighted by molar-refractivity contribution is 6.24. The summed E-state index contributed by atoms with van der Waals surface area (Å²) in [4.78, 5) is 73.2. The Balaban J connectivity index is 1.71. The third-order valence-corrected chi connectivity index (χ3v) is 4.69. The van der Waals surface area contributed by atoms with E-state index in [4.69, 9.17) is 4.74 Å². The van der Waals surface area contributed by atoms with Gasteiger partial charge in [0.05, 0.1) is 17.7 Å². The van der Waals surface area contributed by atoms with Crippen LogP contribution in [0.2, 0.25) is 0 Å². The summed E-state index contributed by atoms with van der Waals surface area (Å²) in [6.45, 7) is 1.44. The van der Waals surface area contributed by atoms with E-state index in [-0.39, 0.29) is 43.7 Å². The van der Waals surface area contributed by atoms with Crippen molar-refractivity contribution in [1.29, 1.82) is 0 Å². The molecule has 3 rings (SSSR count). The van der Waals surface area contributed by atoms with Crippen LogP contribution in [-0.4, -0.2) is 59.7 Å². The summed E-state index contributed by atoms with van der Waals surface area (Å²) in [5, 5.41) is 6.96. The van der Waals surface area contributed by atoms with E-state index in [0.717, 1.165) is 4.90 Å². The highest BCUT2D eigenvalue weighted by Crippen LogP contribution is 2.29. The van der Waals surface area contributed by atoms with E-state index < -0.39 is 41.7 Å². The Bertz CT molecular complexity index is 943. The summed E-state index contributed by atoms with van der Waals surface area (Å²) in [7, 11) is 0. The first-order chi connectivity index (χ1) is 14.3. The van der Waals surface area contributed by atoms with Crippen molar-refractivity contribution in [3.63, 3.8) is 0 Å². The molecule has 1 aromatic rings. The monoisotopic (exact) mass is 416 g/mol. The number of carbonyl (C=O) groups is 6. The number of amides is 6. The molecule has 11 heteroatoms. The molecule has 0 saturated carbocycles. The van der Waals surface area contributed by atoms with Gasteiger partial charge in [0.2, 0.25) is 11.8 Å². The molecule has 2 heterocycles. The lowest BCUT2D eigenvalue weighted by Gasteiger charge is -2.27. The Kier molecular flexibility index (Phi) is 6.09. The zero-order valence-corrected chi connectivity index (χ0v) is 16.1. The molecule has 30 heavy (non-hydrogen) atoms. The number of rotatable bonds is 6. The lowest BCUT2D eigenvalue weighted by Crippen LogP contribution is -2.54. The zero-order chi connectivity index (χ0) is 21.8. The molecule has 11 nitrogen and oxygen atoms in total. The number of carbonyl (C=O) groups excluding carboxylic acids is 6. The quantitative estimate of drug-likeness (QED) is 0.416. The van der Waals surface area contributed by atoms with Gasteiger partial charge in [0.1, 0.15) is 12.6 Å². The lowest BCUT2D eigenvalue weighted by atomic mass is 10.0. The number of piperidine rings is 1. The van der Waals surface area contributed by atoms with E-state index in [1.54, 1.807) is 19.1 Å². The topological polar surface area (TPSA) is 151 Å². The Morgan fingerprint density at radius 3 is 2.63 bits per heavy atom. The number of fused-ring (bicyclic) bond motifs is 1. The van der Waals surface area contributed by atoms with Gasteiger partial charge >= 0.3 is 12.0 Å². The fraction of sp³-hybridized carbons (Fsp3) is 0.368. The third-order valence-electron chi connectivity index (χ3n) is 4.69. The normalized spacial score (nSPS) is 18.0. The molecule has 0 aromatic heterocycles. The maximum atomic E-state index is 12.9. The van der Waals surface area contributed by atoms with Gasteiger partial charge in [0.15, 0.2) is 0 Å². The lowest BCUT2D eigenvalue weighted by molar-refractivity contribution is -0.142. The Labute approximate surface area is 171 Å². The predicted molar refractivity (Wildman–Crippen MR) is 100.0 cm³/mol. The Morgan fingerprint density at radius 2 is 1.93 bits per heavy atom. The van der Waals surface area contributed by atoms with Crippen molar-refractivity contribution in [2.75, 3.05) is 13.2 Å². The first-order valence-electron chi connectivity index (χ1n) is 9.34. The molecule has 1 aromatic carbocycles. The van der Waals surface area contributed by atoms with Gasteiger partial charge in [-0.05, 0) is 25.0 Å². The van der Waals surface area contributed by atoms with Gasteiger partial charge < -0.3 is 15.4 Å². The summed E-state index contributed by atoms with van der Waals surface area (Å²) in [5.74, 6) is -3.02. The maximum absolute atomic E-state index is 12.9. The molecule has 6 amide bonds. The van der Waals surface area contributed by atoms with Crippen LogP contribution in [0, 0.1) is 0 Å². The molecule has 1 unspecified atom stereocenters. The highest BCUT2D eigenvalue weighted by atomic mass is 16.5. The van der Waals surface area contributed by atoms with Crippen molar-refractivity contribution in [3.05, 3.63) is 34.9 Å². The molecule has 0 aliphatic carbocycles. The van der Waals surface area contributed by atoms with Crippen LogP contribution in [-0.2, 0) is 25.7 Å². The molecular weight excluding hydrogens is 396 g/mol. The van der Waals surface area contributed by atoms with Crippen LogP contribution in [0.4, 0.5) is 4.79 Å². The number of urea groups is 1. The number of hydrogen-bond acceptors (Lipinski definition) is 7. The van der Waals surface area contributed by atoms with Crippen LogP contribution in [0.25, 0.3) is 0 Å². The van der Waals surface area contributed by atoms with E-state index in [1.165, 1.54) is 6.07 Å². The molecular formula is C19H20N4O7. The minimum absolute atomic E-state index is 0.0266. The Morgan fingerprint density at radius 1 is 1.17 bits per heavy atom. The summed E-state index contributed by atoms with van der Waals surface area (Å²) >= 11 is 0. The predicted octanol–water partition coefficient (Wildman–Crippen LogP) is -0.550. The van der Waals surface area contributed by atoms with Crippen molar-refractivity contribution in [2.24, 2.45) is 0 Å². The fourth-order valence-electron chi connectivity index (χ4n) is 3.33. The number of ether oxygens (including phenoxy) is 1. The number of hydrogen-bond donors (Lipinski definition) is 3. The van der Waals surface area contributed by atoms with Crippen molar-refractivity contribution in [1.82, 2.24) is 20.9 Å². The molecule has 2 aliphatic rings. The standard InChI is InChI=1S/C19H20N4O7/c1-2-30-14(25)9-21-19(29)20-8-10-4-3-5-11-15(10)18(28)23(17(11)27)12-6-7-13(24)22-16(12)26/h3-5,12H,2,6-9H2,1H3,(H2,20,21,29)(H,22,24,26).